The Bertz CT molecular complexity index is 1040. The molecule has 1 atom stereocenters. The van der Waals surface area contributed by atoms with Crippen LogP contribution in [0.2, 0.25) is 0 Å². The zero-order valence-electron chi connectivity index (χ0n) is 14.7. The normalized spacial score (nSPS) is 16.3. The van der Waals surface area contributed by atoms with Crippen LogP contribution in [0.1, 0.15) is 47.4 Å². The molecule has 3 aromatic rings. The lowest BCUT2D eigenvalue weighted by atomic mass is 9.87. The highest BCUT2D eigenvalue weighted by Crippen LogP contribution is 2.29. The molecule has 0 fully saturated rings. The highest BCUT2D eigenvalue weighted by atomic mass is 16.2. The SMILES string of the molecule is CCn1nc(C(=O)N[C@H]2CCCc3ccccc32)c2ccccc2c1=O. The van der Waals surface area contributed by atoms with Crippen molar-refractivity contribution in [2.45, 2.75) is 38.8 Å². The van der Waals surface area contributed by atoms with Gasteiger partial charge >= 0.3 is 0 Å². The van der Waals surface area contributed by atoms with Gasteiger partial charge in [-0.3, -0.25) is 9.59 Å². The smallest absolute Gasteiger partial charge is 0.274 e. The highest BCUT2D eigenvalue weighted by molar-refractivity contribution is 6.04. The second kappa shape index (κ2) is 6.75. The van der Waals surface area contributed by atoms with E-state index in [0.29, 0.717) is 23.0 Å². The second-order valence-corrected chi connectivity index (χ2v) is 6.63. The fourth-order valence-corrected chi connectivity index (χ4v) is 3.75. The number of benzene rings is 2. The van der Waals surface area contributed by atoms with Crippen molar-refractivity contribution in [2.24, 2.45) is 0 Å². The van der Waals surface area contributed by atoms with Gasteiger partial charge < -0.3 is 5.32 Å². The van der Waals surface area contributed by atoms with Crippen LogP contribution >= 0.6 is 0 Å². The van der Waals surface area contributed by atoms with Crippen LogP contribution in [0.4, 0.5) is 0 Å². The first-order chi connectivity index (χ1) is 12.7. The van der Waals surface area contributed by atoms with Crippen LogP contribution in [-0.2, 0) is 13.0 Å². The Morgan fingerprint density at radius 1 is 1.15 bits per heavy atom. The van der Waals surface area contributed by atoms with E-state index in [2.05, 4.69) is 22.5 Å². The van der Waals surface area contributed by atoms with Gasteiger partial charge in [-0.2, -0.15) is 5.10 Å². The number of carbonyl (C=O) groups is 1. The Morgan fingerprint density at radius 2 is 1.88 bits per heavy atom. The Labute approximate surface area is 151 Å². The molecule has 1 aromatic heterocycles. The van der Waals surface area contributed by atoms with Crippen LogP contribution in [0.3, 0.4) is 0 Å². The van der Waals surface area contributed by atoms with E-state index >= 15 is 0 Å². The van der Waals surface area contributed by atoms with Crippen LogP contribution < -0.4 is 10.9 Å². The third kappa shape index (κ3) is 2.79. The quantitative estimate of drug-likeness (QED) is 0.791. The summed E-state index contributed by atoms with van der Waals surface area (Å²) < 4.78 is 1.35. The predicted octanol–water partition coefficient (Wildman–Crippen LogP) is 3.22. The van der Waals surface area contributed by atoms with Gasteiger partial charge in [0.1, 0.15) is 0 Å². The first-order valence-corrected chi connectivity index (χ1v) is 9.07. The molecule has 0 saturated heterocycles. The van der Waals surface area contributed by atoms with E-state index < -0.39 is 0 Å². The lowest BCUT2D eigenvalue weighted by Gasteiger charge is -2.26. The summed E-state index contributed by atoms with van der Waals surface area (Å²) in [7, 11) is 0. The molecular weight excluding hydrogens is 326 g/mol. The molecule has 1 N–H and O–H groups in total. The number of hydrogen-bond acceptors (Lipinski definition) is 3. The van der Waals surface area contributed by atoms with Crippen molar-refractivity contribution in [3.63, 3.8) is 0 Å². The molecule has 2 aromatic carbocycles. The maximum absolute atomic E-state index is 13.0. The molecule has 0 bridgehead atoms. The van der Waals surface area contributed by atoms with E-state index in [4.69, 9.17) is 0 Å². The van der Waals surface area contributed by atoms with Gasteiger partial charge in [-0.15, -0.1) is 0 Å². The van der Waals surface area contributed by atoms with Crippen molar-refractivity contribution in [1.82, 2.24) is 15.1 Å². The Morgan fingerprint density at radius 3 is 2.69 bits per heavy atom. The minimum Gasteiger partial charge on any atom is -0.344 e. The lowest BCUT2D eigenvalue weighted by molar-refractivity contribution is 0.0927. The van der Waals surface area contributed by atoms with Crippen molar-refractivity contribution in [2.75, 3.05) is 0 Å². The maximum Gasteiger partial charge on any atom is 0.274 e. The van der Waals surface area contributed by atoms with Crippen LogP contribution in [0.15, 0.2) is 53.3 Å². The number of rotatable bonds is 3. The minimum absolute atomic E-state index is 0.0185. The summed E-state index contributed by atoms with van der Waals surface area (Å²) in [4.78, 5) is 25.5. The zero-order chi connectivity index (χ0) is 18.1. The van der Waals surface area contributed by atoms with Crippen molar-refractivity contribution in [3.8, 4) is 0 Å². The number of fused-ring (bicyclic) bond motifs is 2. The molecule has 0 aliphatic heterocycles. The summed E-state index contributed by atoms with van der Waals surface area (Å²) in [6.45, 7) is 2.28. The molecule has 1 heterocycles. The van der Waals surface area contributed by atoms with E-state index in [1.165, 1.54) is 15.8 Å². The topological polar surface area (TPSA) is 64.0 Å². The van der Waals surface area contributed by atoms with Gasteiger partial charge in [-0.05, 0) is 43.4 Å². The Hall–Kier alpha value is -2.95. The molecule has 1 amide bonds. The number of aryl methyl sites for hydroxylation is 2. The third-order valence-electron chi connectivity index (χ3n) is 5.06. The molecule has 132 valence electrons. The van der Waals surface area contributed by atoms with Gasteiger partial charge in [0.15, 0.2) is 5.69 Å². The van der Waals surface area contributed by atoms with Crippen LogP contribution in [0, 0.1) is 0 Å². The minimum atomic E-state index is -0.231. The average molecular weight is 347 g/mol. The van der Waals surface area contributed by atoms with E-state index in [1.54, 1.807) is 12.1 Å². The summed E-state index contributed by atoms with van der Waals surface area (Å²) in [6, 6.07) is 15.4. The molecule has 1 aliphatic carbocycles. The van der Waals surface area contributed by atoms with Gasteiger partial charge in [0.05, 0.1) is 11.4 Å². The number of amides is 1. The van der Waals surface area contributed by atoms with Crippen LogP contribution in [-0.4, -0.2) is 15.7 Å². The van der Waals surface area contributed by atoms with Gasteiger partial charge in [0.25, 0.3) is 11.5 Å². The number of nitrogens with one attached hydrogen (secondary N) is 1. The van der Waals surface area contributed by atoms with E-state index in [-0.39, 0.29) is 17.5 Å². The summed E-state index contributed by atoms with van der Waals surface area (Å²) in [5.41, 5.74) is 2.62. The summed E-state index contributed by atoms with van der Waals surface area (Å²) in [5.74, 6) is -0.231. The predicted molar refractivity (Wildman–Crippen MR) is 101 cm³/mol. The lowest BCUT2D eigenvalue weighted by Crippen LogP contribution is -2.34. The second-order valence-electron chi connectivity index (χ2n) is 6.63. The van der Waals surface area contributed by atoms with E-state index in [1.807, 2.05) is 31.2 Å². The third-order valence-corrected chi connectivity index (χ3v) is 5.06. The van der Waals surface area contributed by atoms with Crippen molar-refractivity contribution >= 4 is 16.7 Å². The molecule has 1 aliphatic rings. The highest BCUT2D eigenvalue weighted by Gasteiger charge is 2.24. The number of carbonyl (C=O) groups excluding carboxylic acids is 1. The molecule has 0 unspecified atom stereocenters. The number of hydrogen-bond donors (Lipinski definition) is 1. The van der Waals surface area contributed by atoms with Gasteiger partial charge in [-0.1, -0.05) is 42.5 Å². The van der Waals surface area contributed by atoms with Gasteiger partial charge in [0.2, 0.25) is 0 Å². The fourth-order valence-electron chi connectivity index (χ4n) is 3.75. The summed E-state index contributed by atoms with van der Waals surface area (Å²) in [6.07, 6.45) is 3.00. The number of aromatic nitrogens is 2. The molecular formula is C21H21N3O2. The standard InChI is InChI=1S/C21H21N3O2/c1-2-24-21(26)17-12-6-5-11-16(17)19(23-24)20(25)22-18-13-7-9-14-8-3-4-10-15(14)18/h3-6,8,10-12,18H,2,7,9,13H2,1H3,(H,22,25)/t18-/m0/s1. The maximum atomic E-state index is 13.0. The van der Waals surface area contributed by atoms with Crippen LogP contribution in [0.25, 0.3) is 10.8 Å². The molecule has 0 radical (unpaired) electrons. The zero-order valence-corrected chi connectivity index (χ0v) is 14.7. The summed E-state index contributed by atoms with van der Waals surface area (Å²) in [5, 5.41) is 8.60. The molecule has 4 rings (SSSR count). The van der Waals surface area contributed by atoms with Crippen molar-refractivity contribution in [1.29, 1.82) is 0 Å². The van der Waals surface area contributed by atoms with Crippen LogP contribution in [0.5, 0.6) is 0 Å². The van der Waals surface area contributed by atoms with Gasteiger partial charge in [0, 0.05) is 11.9 Å². The summed E-state index contributed by atoms with van der Waals surface area (Å²) >= 11 is 0. The molecule has 5 heteroatoms. The Balaban J connectivity index is 1.74. The van der Waals surface area contributed by atoms with Crippen molar-refractivity contribution in [3.05, 3.63) is 75.7 Å². The van der Waals surface area contributed by atoms with E-state index in [9.17, 15) is 9.59 Å². The monoisotopic (exact) mass is 347 g/mol. The molecule has 0 spiro atoms. The molecule has 5 nitrogen and oxygen atoms in total. The van der Waals surface area contributed by atoms with E-state index in [0.717, 1.165) is 19.3 Å². The van der Waals surface area contributed by atoms with Crippen molar-refractivity contribution < 1.29 is 4.79 Å². The first kappa shape index (κ1) is 16.5. The fraction of sp³-hybridized carbons (Fsp3) is 0.286. The molecule has 26 heavy (non-hydrogen) atoms. The van der Waals surface area contributed by atoms with Gasteiger partial charge in [-0.25, -0.2) is 4.68 Å². The first-order valence-electron chi connectivity index (χ1n) is 9.07. The Kier molecular flexibility index (Phi) is 4.29. The number of nitrogens with zero attached hydrogens (tertiary/aromatic N) is 2. The largest absolute Gasteiger partial charge is 0.344 e. The average Bonchev–Trinajstić information content (AvgIpc) is 2.69. The molecule has 0 saturated carbocycles.